The summed E-state index contributed by atoms with van der Waals surface area (Å²) in [6, 6.07) is 0. The van der Waals surface area contributed by atoms with Gasteiger partial charge in [0.2, 0.25) is 0 Å². The minimum atomic E-state index is -4.11. The van der Waals surface area contributed by atoms with Crippen LogP contribution in [0.3, 0.4) is 0 Å². The Morgan fingerprint density at radius 3 is 2.04 bits per heavy atom. The topological polar surface area (TPSA) is 43.4 Å². The average Bonchev–Trinajstić information content (AvgIpc) is 2.40. The van der Waals surface area contributed by atoms with E-state index in [-0.39, 0.29) is 17.3 Å². The molecule has 2 fully saturated rings. The Hall–Kier alpha value is 0.559. The molecule has 7 heteroatoms. The molecule has 2 aliphatic rings. The van der Waals surface area contributed by atoms with Crippen molar-refractivity contribution in [3.8, 4) is 0 Å². The second-order valence-electron chi connectivity index (χ2n) is 8.20. The Morgan fingerprint density at radius 2 is 1.50 bits per heavy atom. The van der Waals surface area contributed by atoms with E-state index in [1.165, 1.54) is 0 Å². The number of likely N-dealkylation sites (N-methyl/N-ethyl adjacent to an activating group) is 2. The molecule has 0 aliphatic carbocycles. The molecule has 6 nitrogen and oxygen atoms in total. The van der Waals surface area contributed by atoms with Crippen LogP contribution in [0.4, 0.5) is 0 Å². The summed E-state index contributed by atoms with van der Waals surface area (Å²) < 4.78 is 25.7. The van der Waals surface area contributed by atoms with Crippen LogP contribution in [0, 0.1) is 0 Å². The van der Waals surface area contributed by atoms with Crippen molar-refractivity contribution in [3.63, 3.8) is 0 Å². The zero-order chi connectivity index (χ0) is 18.0. The first-order valence-electron chi connectivity index (χ1n) is 9.25. The maximum absolute atomic E-state index is 6.53. The van der Waals surface area contributed by atoms with E-state index in [1.807, 2.05) is 0 Å². The zero-order valence-electron chi connectivity index (χ0n) is 16.6. The normalized spacial score (nSPS) is 35.9. The van der Waals surface area contributed by atoms with Crippen LogP contribution in [-0.4, -0.2) is 93.0 Å². The molecular weight excluding hydrogens is 415 g/mol. The SMILES string of the molecule is CCN1CC[O][Sn]2([O]C(C)CN(CC)CC(C)(C)[O]2)[O]C(C)(C)C1. The molecule has 0 radical (unpaired) electrons. The first-order valence-corrected chi connectivity index (χ1v) is 13.9. The summed E-state index contributed by atoms with van der Waals surface area (Å²) >= 11 is -4.11. The molecule has 2 unspecified atom stereocenters. The summed E-state index contributed by atoms with van der Waals surface area (Å²) in [5, 5.41) is 0. The van der Waals surface area contributed by atoms with Crippen LogP contribution in [0.5, 0.6) is 0 Å². The fourth-order valence-electron chi connectivity index (χ4n) is 3.58. The molecule has 2 heterocycles. The van der Waals surface area contributed by atoms with E-state index in [9.17, 15) is 0 Å². The Labute approximate surface area is 153 Å². The van der Waals surface area contributed by atoms with Gasteiger partial charge in [0.05, 0.1) is 0 Å². The third-order valence-corrected chi connectivity index (χ3v) is 12.6. The van der Waals surface area contributed by atoms with E-state index in [0.29, 0.717) is 6.61 Å². The van der Waals surface area contributed by atoms with E-state index >= 15 is 0 Å². The standard InChI is InChI=1S/C9H19NO2.C8H17NO2.Sn/c1-5-10(6-8(2)11)7-9(3,4)12;1-4-9(5-6-10)7-8(2,3)11;/h8H,5-7H2,1-4H3;4-7H2,1-3H3;/q2*-2;+4. The molecule has 2 atom stereocenters. The summed E-state index contributed by atoms with van der Waals surface area (Å²) in [5.41, 5.74) is -0.683. The Kier molecular flexibility index (Phi) is 7.01. The fourth-order valence-corrected chi connectivity index (χ4v) is 11.3. The average molecular weight is 451 g/mol. The van der Waals surface area contributed by atoms with Crippen molar-refractivity contribution < 1.29 is 12.3 Å². The van der Waals surface area contributed by atoms with Crippen LogP contribution in [-0.2, 0) is 12.3 Å². The van der Waals surface area contributed by atoms with Crippen molar-refractivity contribution in [2.75, 3.05) is 45.9 Å². The monoisotopic (exact) mass is 452 g/mol. The third kappa shape index (κ3) is 5.79. The van der Waals surface area contributed by atoms with Gasteiger partial charge in [-0.25, -0.2) is 0 Å². The van der Waals surface area contributed by atoms with Crippen molar-refractivity contribution in [2.45, 2.75) is 65.8 Å². The molecule has 0 N–H and O–H groups in total. The maximum atomic E-state index is 6.53. The predicted octanol–water partition coefficient (Wildman–Crippen LogP) is 2.11. The Bertz CT molecular complexity index is 409. The molecule has 0 bridgehead atoms. The fraction of sp³-hybridized carbons (Fsp3) is 1.00. The molecule has 1 spiro atoms. The molecule has 0 aromatic rings. The second kappa shape index (κ2) is 8.06. The second-order valence-corrected chi connectivity index (χ2v) is 13.7. The van der Waals surface area contributed by atoms with Gasteiger partial charge in [0.25, 0.3) is 0 Å². The van der Waals surface area contributed by atoms with Crippen LogP contribution >= 0.6 is 0 Å². The van der Waals surface area contributed by atoms with Gasteiger partial charge in [-0.3, -0.25) is 0 Å². The van der Waals surface area contributed by atoms with Gasteiger partial charge in [-0.1, -0.05) is 0 Å². The first-order chi connectivity index (χ1) is 11.1. The molecule has 24 heavy (non-hydrogen) atoms. The van der Waals surface area contributed by atoms with E-state index < -0.39 is 20.0 Å². The Morgan fingerprint density at radius 1 is 0.958 bits per heavy atom. The van der Waals surface area contributed by atoms with Gasteiger partial charge in [-0.15, -0.1) is 0 Å². The number of hydrogen-bond acceptors (Lipinski definition) is 6. The number of rotatable bonds is 2. The molecule has 142 valence electrons. The van der Waals surface area contributed by atoms with Gasteiger partial charge >= 0.3 is 154 Å². The molecular formula is C17H36N2O4Sn. The van der Waals surface area contributed by atoms with Gasteiger partial charge in [-0.2, -0.15) is 0 Å². The van der Waals surface area contributed by atoms with Crippen molar-refractivity contribution in [1.29, 1.82) is 0 Å². The summed E-state index contributed by atoms with van der Waals surface area (Å²) in [4.78, 5) is 4.73. The van der Waals surface area contributed by atoms with E-state index in [1.54, 1.807) is 0 Å². The van der Waals surface area contributed by atoms with Gasteiger partial charge in [0.15, 0.2) is 0 Å². The van der Waals surface area contributed by atoms with Crippen LogP contribution in [0.15, 0.2) is 0 Å². The van der Waals surface area contributed by atoms with Crippen LogP contribution < -0.4 is 0 Å². The quantitative estimate of drug-likeness (QED) is 0.600. The van der Waals surface area contributed by atoms with Gasteiger partial charge in [0.1, 0.15) is 0 Å². The zero-order valence-corrected chi connectivity index (χ0v) is 19.4. The number of hydrogen-bond donors (Lipinski definition) is 0. The third-order valence-electron chi connectivity index (χ3n) is 4.45. The van der Waals surface area contributed by atoms with E-state index in [2.05, 4.69) is 58.3 Å². The minimum absolute atomic E-state index is 0.0503. The summed E-state index contributed by atoms with van der Waals surface area (Å²) in [6.45, 7) is 21.0. The molecule has 0 saturated carbocycles. The molecule has 2 rings (SSSR count). The van der Waals surface area contributed by atoms with Crippen LogP contribution in [0.2, 0.25) is 0 Å². The van der Waals surface area contributed by atoms with Crippen LogP contribution in [0.25, 0.3) is 0 Å². The van der Waals surface area contributed by atoms with Gasteiger partial charge in [-0.05, 0) is 0 Å². The molecule has 2 aliphatic heterocycles. The molecule has 2 saturated heterocycles. The van der Waals surface area contributed by atoms with Crippen molar-refractivity contribution in [1.82, 2.24) is 9.80 Å². The number of nitrogens with zero attached hydrogens (tertiary/aromatic N) is 2. The molecule has 0 aromatic carbocycles. The summed E-state index contributed by atoms with van der Waals surface area (Å²) in [7, 11) is 0. The van der Waals surface area contributed by atoms with Crippen molar-refractivity contribution >= 4 is 20.0 Å². The molecule has 0 amide bonds. The summed E-state index contributed by atoms with van der Waals surface area (Å²) in [6.07, 6.45) is 0.0503. The van der Waals surface area contributed by atoms with E-state index in [0.717, 1.165) is 39.3 Å². The van der Waals surface area contributed by atoms with Crippen molar-refractivity contribution in [3.05, 3.63) is 0 Å². The Balaban J connectivity index is 2.24. The van der Waals surface area contributed by atoms with Crippen LogP contribution in [0.1, 0.15) is 48.5 Å². The molecule has 0 aromatic heterocycles. The predicted molar refractivity (Wildman–Crippen MR) is 96.8 cm³/mol. The van der Waals surface area contributed by atoms with Gasteiger partial charge in [0, 0.05) is 0 Å². The van der Waals surface area contributed by atoms with E-state index in [4.69, 9.17) is 12.3 Å². The van der Waals surface area contributed by atoms with Gasteiger partial charge < -0.3 is 0 Å². The summed E-state index contributed by atoms with van der Waals surface area (Å²) in [5.74, 6) is 0. The first kappa shape index (κ1) is 20.9. The van der Waals surface area contributed by atoms with Crippen molar-refractivity contribution in [2.24, 2.45) is 0 Å².